The predicted molar refractivity (Wildman–Crippen MR) is 47.3 cm³/mol. The van der Waals surface area contributed by atoms with Crippen LogP contribution < -0.4 is 5.01 Å². The molecule has 3 heteroatoms. The third kappa shape index (κ3) is 1.21. The average molecular weight is 160 g/mol. The molecule has 0 N–H and O–H groups in total. The highest BCUT2D eigenvalue weighted by Crippen LogP contribution is 2.14. The fourth-order valence-electron chi connectivity index (χ4n) is 1.12. The van der Waals surface area contributed by atoms with Gasteiger partial charge in [0.1, 0.15) is 6.54 Å². The Hall–Kier alpha value is -1.64. The van der Waals surface area contributed by atoms with Crippen LogP contribution in [-0.2, 0) is 4.79 Å². The van der Waals surface area contributed by atoms with Crippen LogP contribution in [0.1, 0.15) is 0 Å². The van der Waals surface area contributed by atoms with Gasteiger partial charge in [0.25, 0.3) is 0 Å². The van der Waals surface area contributed by atoms with Crippen LogP contribution in [0.15, 0.2) is 35.4 Å². The largest absolute Gasteiger partial charge is 0.291 e. The van der Waals surface area contributed by atoms with Gasteiger partial charge in [-0.3, -0.25) is 9.80 Å². The summed E-state index contributed by atoms with van der Waals surface area (Å²) in [5.74, 6) is 0.0545. The van der Waals surface area contributed by atoms with Crippen LogP contribution in [0.5, 0.6) is 0 Å². The lowest BCUT2D eigenvalue weighted by Crippen LogP contribution is -2.16. The van der Waals surface area contributed by atoms with Gasteiger partial charge < -0.3 is 0 Å². The van der Waals surface area contributed by atoms with Crippen molar-refractivity contribution in [1.29, 1.82) is 0 Å². The van der Waals surface area contributed by atoms with Gasteiger partial charge in [0.2, 0.25) is 0 Å². The molecule has 0 unspecified atom stereocenters. The number of hydrogen-bond donors (Lipinski definition) is 0. The second kappa shape index (κ2) is 2.77. The van der Waals surface area contributed by atoms with Crippen LogP contribution in [-0.4, -0.2) is 18.5 Å². The number of ketones is 1. The number of anilines is 1. The number of carbonyl (C=O) groups is 1. The van der Waals surface area contributed by atoms with E-state index in [2.05, 4.69) is 5.10 Å². The lowest BCUT2D eigenvalue weighted by molar-refractivity contribution is -0.110. The Morgan fingerprint density at radius 1 is 1.25 bits per heavy atom. The highest BCUT2D eigenvalue weighted by atomic mass is 16.1. The molecular formula is C9H8N2O. The summed E-state index contributed by atoms with van der Waals surface area (Å²) >= 11 is 0. The van der Waals surface area contributed by atoms with Crippen LogP contribution in [0, 0.1) is 0 Å². The lowest BCUT2D eigenvalue weighted by Gasteiger charge is -2.11. The first-order chi connectivity index (χ1) is 5.86. The third-order valence-electron chi connectivity index (χ3n) is 1.70. The van der Waals surface area contributed by atoms with Crippen LogP contribution in [0.25, 0.3) is 0 Å². The van der Waals surface area contributed by atoms with Crippen molar-refractivity contribution in [3.63, 3.8) is 0 Å². The van der Waals surface area contributed by atoms with Crippen LogP contribution >= 0.6 is 0 Å². The number of rotatable bonds is 1. The molecule has 1 aromatic rings. The lowest BCUT2D eigenvalue weighted by atomic mass is 10.3. The number of benzene rings is 1. The molecule has 2 rings (SSSR count). The zero-order chi connectivity index (χ0) is 8.39. The van der Waals surface area contributed by atoms with Crippen molar-refractivity contribution in [2.45, 2.75) is 0 Å². The Labute approximate surface area is 70.3 Å². The monoisotopic (exact) mass is 160 g/mol. The Morgan fingerprint density at radius 2 is 2.00 bits per heavy atom. The summed E-state index contributed by atoms with van der Waals surface area (Å²) in [7, 11) is 0. The first-order valence-electron chi connectivity index (χ1n) is 3.76. The molecule has 0 radical (unpaired) electrons. The van der Waals surface area contributed by atoms with Crippen LogP contribution in [0.2, 0.25) is 0 Å². The minimum Gasteiger partial charge on any atom is -0.291 e. The second-order valence-corrected chi connectivity index (χ2v) is 2.60. The maximum atomic E-state index is 10.8. The quantitative estimate of drug-likeness (QED) is 0.615. The molecular weight excluding hydrogens is 152 g/mol. The number of hydrogen-bond acceptors (Lipinski definition) is 3. The summed E-state index contributed by atoms with van der Waals surface area (Å²) in [4.78, 5) is 10.8. The van der Waals surface area contributed by atoms with Crippen molar-refractivity contribution in [1.82, 2.24) is 0 Å². The first-order valence-corrected chi connectivity index (χ1v) is 3.76. The Kier molecular flexibility index (Phi) is 1.63. The zero-order valence-electron chi connectivity index (χ0n) is 6.47. The molecule has 1 aromatic carbocycles. The molecule has 0 bridgehead atoms. The standard InChI is InChI=1S/C9H8N2O/c12-9-6-10-11(7-9)8-4-2-1-3-5-8/h1-6H,7H2. The van der Waals surface area contributed by atoms with Gasteiger partial charge in [0.05, 0.1) is 11.9 Å². The number of para-hydroxylation sites is 1. The van der Waals surface area contributed by atoms with Gasteiger partial charge in [-0.05, 0) is 12.1 Å². The number of hydrazone groups is 1. The summed E-state index contributed by atoms with van der Waals surface area (Å²) in [6.45, 7) is 0.365. The summed E-state index contributed by atoms with van der Waals surface area (Å²) in [6.07, 6.45) is 1.35. The molecule has 0 saturated carbocycles. The molecule has 0 fully saturated rings. The van der Waals surface area contributed by atoms with Gasteiger partial charge in [0.15, 0.2) is 5.78 Å². The molecule has 60 valence electrons. The molecule has 3 nitrogen and oxygen atoms in total. The van der Waals surface area contributed by atoms with Crippen molar-refractivity contribution < 1.29 is 4.79 Å². The molecule has 12 heavy (non-hydrogen) atoms. The summed E-state index contributed by atoms with van der Waals surface area (Å²) < 4.78 is 0. The number of nitrogens with zero attached hydrogens (tertiary/aromatic N) is 2. The van der Waals surface area contributed by atoms with Gasteiger partial charge >= 0.3 is 0 Å². The fourth-order valence-corrected chi connectivity index (χ4v) is 1.12. The Morgan fingerprint density at radius 3 is 2.58 bits per heavy atom. The van der Waals surface area contributed by atoms with Crippen LogP contribution in [0.4, 0.5) is 5.69 Å². The van der Waals surface area contributed by atoms with Crippen molar-refractivity contribution in [3.05, 3.63) is 30.3 Å². The maximum absolute atomic E-state index is 10.8. The van der Waals surface area contributed by atoms with Gasteiger partial charge in [-0.2, -0.15) is 5.10 Å². The molecule has 1 aliphatic rings. The topological polar surface area (TPSA) is 32.7 Å². The van der Waals surface area contributed by atoms with E-state index in [-0.39, 0.29) is 5.78 Å². The second-order valence-electron chi connectivity index (χ2n) is 2.60. The van der Waals surface area contributed by atoms with E-state index in [4.69, 9.17) is 0 Å². The van der Waals surface area contributed by atoms with Gasteiger partial charge in [0, 0.05) is 0 Å². The normalized spacial score (nSPS) is 15.7. The van der Waals surface area contributed by atoms with Gasteiger partial charge in [-0.1, -0.05) is 18.2 Å². The first kappa shape index (κ1) is 7.03. The van der Waals surface area contributed by atoms with E-state index in [1.807, 2.05) is 30.3 Å². The number of Topliss-reactive ketones (excluding diaryl/α,β-unsaturated/α-hetero) is 1. The van der Waals surface area contributed by atoms with E-state index in [1.165, 1.54) is 6.21 Å². The van der Waals surface area contributed by atoms with E-state index in [0.29, 0.717) is 6.54 Å². The maximum Gasteiger partial charge on any atom is 0.197 e. The summed E-state index contributed by atoms with van der Waals surface area (Å²) in [5, 5.41) is 5.63. The highest BCUT2D eigenvalue weighted by Gasteiger charge is 2.14. The van der Waals surface area contributed by atoms with E-state index in [0.717, 1.165) is 5.69 Å². The van der Waals surface area contributed by atoms with E-state index >= 15 is 0 Å². The van der Waals surface area contributed by atoms with Gasteiger partial charge in [-0.15, -0.1) is 0 Å². The van der Waals surface area contributed by atoms with E-state index < -0.39 is 0 Å². The summed E-state index contributed by atoms with van der Waals surface area (Å²) in [5.41, 5.74) is 0.958. The predicted octanol–water partition coefficient (Wildman–Crippen LogP) is 1.06. The minimum atomic E-state index is 0.0545. The van der Waals surface area contributed by atoms with Crippen molar-refractivity contribution in [3.8, 4) is 0 Å². The molecule has 0 spiro atoms. The SMILES string of the molecule is O=C1C=NN(c2ccccc2)C1. The summed E-state index contributed by atoms with van der Waals surface area (Å²) in [6, 6.07) is 9.64. The smallest absolute Gasteiger partial charge is 0.197 e. The minimum absolute atomic E-state index is 0.0545. The molecule has 0 saturated heterocycles. The molecule has 0 aliphatic carbocycles. The van der Waals surface area contributed by atoms with Crippen molar-refractivity contribution in [2.24, 2.45) is 5.10 Å². The third-order valence-corrected chi connectivity index (χ3v) is 1.70. The average Bonchev–Trinajstić information content (AvgIpc) is 2.54. The number of carbonyl (C=O) groups excluding carboxylic acids is 1. The van der Waals surface area contributed by atoms with Gasteiger partial charge in [-0.25, -0.2) is 0 Å². The van der Waals surface area contributed by atoms with Crippen molar-refractivity contribution in [2.75, 3.05) is 11.6 Å². The molecule has 1 aliphatic heterocycles. The zero-order valence-corrected chi connectivity index (χ0v) is 6.47. The Bertz CT molecular complexity index is 319. The molecule has 0 amide bonds. The fraction of sp³-hybridized carbons (Fsp3) is 0.111. The highest BCUT2D eigenvalue weighted by molar-refractivity contribution is 6.31. The molecule has 1 heterocycles. The molecule has 0 aromatic heterocycles. The van der Waals surface area contributed by atoms with Crippen LogP contribution in [0.3, 0.4) is 0 Å². The van der Waals surface area contributed by atoms with E-state index in [1.54, 1.807) is 5.01 Å². The van der Waals surface area contributed by atoms with Crippen molar-refractivity contribution >= 4 is 17.7 Å². The molecule has 0 atom stereocenters. The van der Waals surface area contributed by atoms with E-state index in [9.17, 15) is 4.79 Å². The Balaban J connectivity index is 2.23.